The molecule has 7 nitrogen and oxygen atoms in total. The molecule has 3 aromatic rings. The molecule has 0 radical (unpaired) electrons. The van der Waals surface area contributed by atoms with Gasteiger partial charge in [-0.15, -0.1) is 0 Å². The van der Waals surface area contributed by atoms with E-state index in [0.717, 1.165) is 6.92 Å². The van der Waals surface area contributed by atoms with Crippen molar-refractivity contribution in [1.29, 1.82) is 0 Å². The van der Waals surface area contributed by atoms with Gasteiger partial charge in [0, 0.05) is 30.8 Å². The van der Waals surface area contributed by atoms with E-state index < -0.39 is 17.6 Å². The van der Waals surface area contributed by atoms with Gasteiger partial charge in [-0.3, -0.25) is 9.48 Å². The van der Waals surface area contributed by atoms with Gasteiger partial charge < -0.3 is 19.2 Å². The summed E-state index contributed by atoms with van der Waals surface area (Å²) in [7, 11) is 3.05. The fourth-order valence-corrected chi connectivity index (χ4v) is 2.75. The zero-order valence-electron chi connectivity index (χ0n) is 16.7. The molecular weight excluding hydrogens is 396 g/mol. The molecule has 158 valence electrons. The third-order valence-electron chi connectivity index (χ3n) is 4.15. The van der Waals surface area contributed by atoms with Crippen molar-refractivity contribution in [3.63, 3.8) is 0 Å². The Balaban J connectivity index is 1.63. The quantitative estimate of drug-likeness (QED) is 0.553. The van der Waals surface area contributed by atoms with E-state index >= 15 is 0 Å². The van der Waals surface area contributed by atoms with Crippen LogP contribution in [-0.2, 0) is 17.3 Å². The first-order chi connectivity index (χ1) is 14.3. The molecule has 1 amide bonds. The number of alkyl halides is 2. The number of hydrogen-bond acceptors (Lipinski definition) is 5. The molecule has 0 saturated heterocycles. The molecule has 0 unspecified atom stereocenters. The average Bonchev–Trinajstić information content (AvgIpc) is 3.35. The number of aromatic nitrogens is 2. The Hall–Kier alpha value is -3.62. The second-order valence-electron chi connectivity index (χ2n) is 6.46. The molecule has 1 aromatic carbocycles. The molecule has 0 bridgehead atoms. The van der Waals surface area contributed by atoms with Crippen molar-refractivity contribution < 1.29 is 27.5 Å². The number of nitrogens with one attached hydrogen (secondary N) is 1. The Labute approximate surface area is 171 Å². The summed E-state index contributed by atoms with van der Waals surface area (Å²) in [5, 5.41) is 6.83. The maximum Gasteiger partial charge on any atom is 0.301 e. The van der Waals surface area contributed by atoms with E-state index in [0.29, 0.717) is 28.6 Å². The van der Waals surface area contributed by atoms with Gasteiger partial charge in [0.05, 0.1) is 20.8 Å². The predicted molar refractivity (Wildman–Crippen MR) is 107 cm³/mol. The summed E-state index contributed by atoms with van der Waals surface area (Å²) in [6.45, 7) is 0.925. The number of carbonyl (C=O) groups excluding carboxylic acids is 1. The van der Waals surface area contributed by atoms with Crippen molar-refractivity contribution in [2.45, 2.75) is 19.4 Å². The number of carbonyl (C=O) groups is 1. The summed E-state index contributed by atoms with van der Waals surface area (Å²) in [5.74, 6) is -2.12. The largest absolute Gasteiger partial charge is 0.493 e. The van der Waals surface area contributed by atoms with Gasteiger partial charge in [-0.1, -0.05) is 12.1 Å². The van der Waals surface area contributed by atoms with E-state index in [-0.39, 0.29) is 6.54 Å². The number of halogens is 2. The van der Waals surface area contributed by atoms with E-state index in [2.05, 4.69) is 10.4 Å². The number of rotatable bonds is 8. The first-order valence-corrected chi connectivity index (χ1v) is 9.00. The summed E-state index contributed by atoms with van der Waals surface area (Å²) >= 11 is 0. The second kappa shape index (κ2) is 8.81. The van der Waals surface area contributed by atoms with Crippen LogP contribution in [-0.4, -0.2) is 29.9 Å². The Kier molecular flexibility index (Phi) is 6.20. The van der Waals surface area contributed by atoms with E-state index in [1.807, 2.05) is 0 Å². The lowest BCUT2D eigenvalue weighted by Gasteiger charge is -2.09. The van der Waals surface area contributed by atoms with Crippen molar-refractivity contribution in [1.82, 2.24) is 9.78 Å². The van der Waals surface area contributed by atoms with Gasteiger partial charge >= 0.3 is 5.92 Å². The summed E-state index contributed by atoms with van der Waals surface area (Å²) in [4.78, 5) is 12.2. The van der Waals surface area contributed by atoms with Gasteiger partial charge in [0.1, 0.15) is 5.76 Å². The monoisotopic (exact) mass is 417 g/mol. The third kappa shape index (κ3) is 5.05. The minimum atomic E-state index is -3.04. The van der Waals surface area contributed by atoms with Gasteiger partial charge in [0.2, 0.25) is 5.91 Å². The topological polar surface area (TPSA) is 78.5 Å². The molecule has 0 atom stereocenters. The zero-order chi connectivity index (χ0) is 21.7. The van der Waals surface area contributed by atoms with E-state index in [4.69, 9.17) is 13.9 Å². The Morgan fingerprint density at radius 3 is 2.70 bits per heavy atom. The number of nitrogens with zero attached hydrogens (tertiary/aromatic N) is 2. The van der Waals surface area contributed by atoms with Crippen molar-refractivity contribution in [2.24, 2.45) is 0 Å². The van der Waals surface area contributed by atoms with E-state index in [1.165, 1.54) is 37.1 Å². The van der Waals surface area contributed by atoms with Gasteiger partial charge in [-0.2, -0.15) is 13.9 Å². The summed E-state index contributed by atoms with van der Waals surface area (Å²) in [6.07, 6.45) is 4.55. The minimum absolute atomic E-state index is 0.156. The van der Waals surface area contributed by atoms with Gasteiger partial charge in [0.25, 0.3) is 0 Å². The lowest BCUT2D eigenvalue weighted by Crippen LogP contribution is -2.09. The standard InChI is InChI=1S/C21H21F2N3O4/c1-21(22,23)17-9-8-15(30-17)13-26-12-11-18(25-26)24-19(27)10-7-14-5-4-6-16(28-2)20(14)29-3/h4-12H,13H2,1-3H3,(H,24,25,27)/b10-7-. The van der Waals surface area contributed by atoms with Crippen molar-refractivity contribution in [3.05, 3.63) is 65.8 Å². The van der Waals surface area contributed by atoms with Crippen LogP contribution in [0.4, 0.5) is 14.6 Å². The highest BCUT2D eigenvalue weighted by atomic mass is 19.3. The Morgan fingerprint density at radius 1 is 1.23 bits per heavy atom. The van der Waals surface area contributed by atoms with Gasteiger partial charge in [-0.25, -0.2) is 0 Å². The highest BCUT2D eigenvalue weighted by Crippen LogP contribution is 2.31. The van der Waals surface area contributed by atoms with Crippen LogP contribution in [0.3, 0.4) is 0 Å². The minimum Gasteiger partial charge on any atom is -0.493 e. The van der Waals surface area contributed by atoms with Gasteiger partial charge in [0.15, 0.2) is 23.1 Å². The highest BCUT2D eigenvalue weighted by molar-refractivity contribution is 6.01. The van der Waals surface area contributed by atoms with Gasteiger partial charge in [-0.05, 0) is 24.3 Å². The van der Waals surface area contributed by atoms with Crippen LogP contribution >= 0.6 is 0 Å². The zero-order valence-corrected chi connectivity index (χ0v) is 16.7. The van der Waals surface area contributed by atoms with E-state index in [9.17, 15) is 13.6 Å². The SMILES string of the molecule is COc1cccc(/C=C\C(=O)Nc2ccn(Cc3ccc(C(C)(F)F)o3)n2)c1OC. The molecule has 2 aromatic heterocycles. The molecule has 1 N–H and O–H groups in total. The first-order valence-electron chi connectivity index (χ1n) is 9.00. The molecule has 2 heterocycles. The second-order valence-corrected chi connectivity index (χ2v) is 6.46. The molecule has 0 aliphatic heterocycles. The molecule has 0 aliphatic carbocycles. The lowest BCUT2D eigenvalue weighted by atomic mass is 10.1. The van der Waals surface area contributed by atoms with Crippen LogP contribution in [0.15, 0.2) is 53.1 Å². The average molecular weight is 417 g/mol. The number of ether oxygens (including phenoxy) is 2. The summed E-state index contributed by atoms with van der Waals surface area (Å²) in [6, 6.07) is 9.63. The van der Waals surface area contributed by atoms with Crippen molar-refractivity contribution in [3.8, 4) is 11.5 Å². The van der Waals surface area contributed by atoms with Crippen LogP contribution in [0.25, 0.3) is 6.08 Å². The van der Waals surface area contributed by atoms with Crippen LogP contribution in [0.1, 0.15) is 24.0 Å². The maximum absolute atomic E-state index is 13.3. The fourth-order valence-electron chi connectivity index (χ4n) is 2.75. The maximum atomic E-state index is 13.3. The fraction of sp³-hybridized carbons (Fsp3) is 0.238. The molecule has 3 rings (SSSR count). The predicted octanol–water partition coefficient (Wildman–Crippen LogP) is 4.31. The normalized spacial score (nSPS) is 11.6. The molecular formula is C21H21F2N3O4. The first kappa shape index (κ1) is 21.1. The molecule has 0 fully saturated rings. The molecule has 0 aliphatic rings. The van der Waals surface area contributed by atoms with Crippen LogP contribution in [0.2, 0.25) is 0 Å². The van der Waals surface area contributed by atoms with Crippen LogP contribution < -0.4 is 14.8 Å². The molecule has 0 saturated carbocycles. The van der Waals surface area contributed by atoms with Crippen molar-refractivity contribution in [2.75, 3.05) is 19.5 Å². The summed E-state index contributed by atoms with van der Waals surface area (Å²) < 4.78 is 43.7. The number of benzene rings is 1. The number of para-hydroxylation sites is 1. The molecule has 0 spiro atoms. The van der Waals surface area contributed by atoms with E-state index in [1.54, 1.807) is 36.5 Å². The van der Waals surface area contributed by atoms with Crippen LogP contribution in [0.5, 0.6) is 11.5 Å². The summed E-state index contributed by atoms with van der Waals surface area (Å²) in [5.41, 5.74) is 0.680. The molecule has 9 heteroatoms. The van der Waals surface area contributed by atoms with Crippen molar-refractivity contribution >= 4 is 17.8 Å². The number of amides is 1. The highest BCUT2D eigenvalue weighted by Gasteiger charge is 2.28. The number of anilines is 1. The number of hydrogen-bond donors (Lipinski definition) is 1. The third-order valence-corrected chi connectivity index (χ3v) is 4.15. The lowest BCUT2D eigenvalue weighted by molar-refractivity contribution is -0.111. The Bertz CT molecular complexity index is 1050. The van der Waals surface area contributed by atoms with Crippen LogP contribution in [0, 0.1) is 0 Å². The number of methoxy groups -OCH3 is 2. The number of furan rings is 1. The Morgan fingerprint density at radius 2 is 2.03 bits per heavy atom. The molecule has 30 heavy (non-hydrogen) atoms. The smallest absolute Gasteiger partial charge is 0.301 e.